The van der Waals surface area contributed by atoms with Crippen molar-refractivity contribution in [2.24, 2.45) is 0 Å². The molecule has 4 rings (SSSR count). The molecule has 3 heterocycles. The maximum Gasteiger partial charge on any atom is 0.235 e. The van der Waals surface area contributed by atoms with E-state index in [4.69, 9.17) is 0 Å². The number of aromatic hydroxyl groups is 1. The van der Waals surface area contributed by atoms with Crippen LogP contribution in [0.15, 0.2) is 24.3 Å². The number of benzene rings is 1. The Kier molecular flexibility index (Phi) is 4.23. The van der Waals surface area contributed by atoms with Crippen molar-refractivity contribution in [1.29, 1.82) is 0 Å². The van der Waals surface area contributed by atoms with Gasteiger partial charge in [-0.15, -0.1) is 5.10 Å². The van der Waals surface area contributed by atoms with Gasteiger partial charge < -0.3 is 14.9 Å². The monoisotopic (exact) mass is 359 g/mol. The number of likely N-dealkylation sites (N-methyl/N-ethyl adjacent to an activating group) is 1. The van der Waals surface area contributed by atoms with Crippen LogP contribution in [0.3, 0.4) is 0 Å². The molecule has 1 aliphatic heterocycles. The molecule has 0 amide bonds. The van der Waals surface area contributed by atoms with E-state index < -0.39 is 0 Å². The molecule has 1 aliphatic rings. The number of quaternary nitrogens is 2. The third kappa shape index (κ3) is 2.92. The van der Waals surface area contributed by atoms with Crippen LogP contribution in [0.25, 0.3) is 4.96 Å². The fourth-order valence-corrected chi connectivity index (χ4v) is 4.96. The molecular weight excluding hydrogens is 334 g/mol. The van der Waals surface area contributed by atoms with Crippen molar-refractivity contribution < 1.29 is 14.9 Å². The Morgan fingerprint density at radius 2 is 1.88 bits per heavy atom. The smallest absolute Gasteiger partial charge is 0.235 e. The molecule has 0 saturated carbocycles. The number of aryl methyl sites for hydroxylation is 2. The molecule has 1 atom stereocenters. The number of nitrogens with zero attached hydrogens (tertiary/aromatic N) is 3. The van der Waals surface area contributed by atoms with Gasteiger partial charge in [0.05, 0.1) is 7.05 Å². The summed E-state index contributed by atoms with van der Waals surface area (Å²) in [6.45, 7) is 8.50. The third-order valence-corrected chi connectivity index (χ3v) is 6.31. The summed E-state index contributed by atoms with van der Waals surface area (Å²) in [6, 6.07) is 8.64. The molecule has 0 aliphatic carbocycles. The van der Waals surface area contributed by atoms with Crippen LogP contribution in [0.5, 0.6) is 5.88 Å². The SMILES string of the molecule is Cc1nc2sc([C@@H](c3ccccc3C)[NH+]3CC[NH+](C)CC3)c(O)n2n1. The number of hydrogen-bond acceptors (Lipinski definition) is 4. The van der Waals surface area contributed by atoms with Crippen molar-refractivity contribution in [2.45, 2.75) is 19.9 Å². The summed E-state index contributed by atoms with van der Waals surface area (Å²) in [5.41, 5.74) is 2.55. The number of aromatic nitrogens is 3. The van der Waals surface area contributed by atoms with E-state index in [1.165, 1.54) is 16.0 Å². The number of thiazole rings is 1. The van der Waals surface area contributed by atoms with Crippen LogP contribution in [0.1, 0.15) is 27.9 Å². The Morgan fingerprint density at radius 3 is 2.56 bits per heavy atom. The summed E-state index contributed by atoms with van der Waals surface area (Å²) in [6.07, 6.45) is 0. The van der Waals surface area contributed by atoms with E-state index in [-0.39, 0.29) is 11.9 Å². The van der Waals surface area contributed by atoms with E-state index in [9.17, 15) is 5.11 Å². The van der Waals surface area contributed by atoms with Gasteiger partial charge in [0.1, 0.15) is 36.9 Å². The Labute approximate surface area is 151 Å². The molecule has 7 heteroatoms. The molecule has 2 aromatic heterocycles. The summed E-state index contributed by atoms with van der Waals surface area (Å²) >= 11 is 1.56. The molecule has 0 spiro atoms. The molecule has 1 aromatic carbocycles. The second kappa shape index (κ2) is 6.40. The quantitative estimate of drug-likeness (QED) is 0.597. The Morgan fingerprint density at radius 1 is 1.16 bits per heavy atom. The van der Waals surface area contributed by atoms with Gasteiger partial charge in [0.2, 0.25) is 10.8 Å². The minimum atomic E-state index is 0.128. The number of fused-ring (bicyclic) bond motifs is 1. The number of hydrogen-bond donors (Lipinski definition) is 3. The van der Waals surface area contributed by atoms with Gasteiger partial charge in [-0.1, -0.05) is 35.6 Å². The lowest BCUT2D eigenvalue weighted by Crippen LogP contribution is -3.27. The number of piperazine rings is 1. The van der Waals surface area contributed by atoms with Gasteiger partial charge in [-0.05, 0) is 19.4 Å². The van der Waals surface area contributed by atoms with Gasteiger partial charge in [0.25, 0.3) is 0 Å². The fraction of sp³-hybridized carbons (Fsp3) is 0.444. The van der Waals surface area contributed by atoms with Crippen LogP contribution >= 0.6 is 11.3 Å². The predicted octanol–water partition coefficient (Wildman–Crippen LogP) is -0.384. The highest BCUT2D eigenvalue weighted by atomic mass is 32.1. The van der Waals surface area contributed by atoms with Crippen LogP contribution in [0.4, 0.5) is 0 Å². The molecule has 1 saturated heterocycles. The molecule has 25 heavy (non-hydrogen) atoms. The normalized spacial score (nSPS) is 22.4. The number of rotatable bonds is 3. The Balaban J connectivity index is 1.83. The second-order valence-electron chi connectivity index (χ2n) is 7.05. The highest BCUT2D eigenvalue weighted by Crippen LogP contribution is 2.35. The summed E-state index contributed by atoms with van der Waals surface area (Å²) in [5.74, 6) is 0.934. The zero-order chi connectivity index (χ0) is 17.6. The van der Waals surface area contributed by atoms with E-state index in [1.54, 1.807) is 20.8 Å². The first kappa shape index (κ1) is 16.5. The van der Waals surface area contributed by atoms with E-state index >= 15 is 0 Å². The molecule has 6 nitrogen and oxygen atoms in total. The van der Waals surface area contributed by atoms with Crippen LogP contribution in [0, 0.1) is 13.8 Å². The zero-order valence-corrected chi connectivity index (χ0v) is 15.7. The van der Waals surface area contributed by atoms with Crippen molar-refractivity contribution in [2.75, 3.05) is 33.2 Å². The maximum absolute atomic E-state index is 10.9. The van der Waals surface area contributed by atoms with Gasteiger partial charge in [0, 0.05) is 5.56 Å². The summed E-state index contributed by atoms with van der Waals surface area (Å²) in [5, 5.41) is 15.2. The van der Waals surface area contributed by atoms with Crippen molar-refractivity contribution in [1.82, 2.24) is 14.6 Å². The van der Waals surface area contributed by atoms with Crippen LogP contribution in [-0.2, 0) is 0 Å². The van der Waals surface area contributed by atoms with Crippen LogP contribution in [0.2, 0.25) is 0 Å². The van der Waals surface area contributed by atoms with Crippen molar-refractivity contribution in [3.05, 3.63) is 46.1 Å². The molecule has 0 bridgehead atoms. The minimum absolute atomic E-state index is 0.128. The van der Waals surface area contributed by atoms with Crippen LogP contribution in [-0.4, -0.2) is 52.9 Å². The average Bonchev–Trinajstić information content (AvgIpc) is 3.09. The lowest BCUT2D eigenvalue weighted by Gasteiger charge is -2.33. The van der Waals surface area contributed by atoms with E-state index in [0.29, 0.717) is 5.82 Å². The van der Waals surface area contributed by atoms with Crippen molar-refractivity contribution >= 4 is 16.3 Å². The molecule has 132 valence electrons. The van der Waals surface area contributed by atoms with Gasteiger partial charge >= 0.3 is 0 Å². The zero-order valence-electron chi connectivity index (χ0n) is 14.9. The average molecular weight is 359 g/mol. The maximum atomic E-state index is 10.9. The van der Waals surface area contributed by atoms with Gasteiger partial charge in [-0.25, -0.2) is 4.98 Å². The van der Waals surface area contributed by atoms with Crippen molar-refractivity contribution in [3.8, 4) is 5.88 Å². The molecule has 3 N–H and O–H groups in total. The first-order valence-electron chi connectivity index (χ1n) is 8.81. The highest BCUT2D eigenvalue weighted by Gasteiger charge is 2.36. The van der Waals surface area contributed by atoms with Crippen molar-refractivity contribution in [3.63, 3.8) is 0 Å². The molecule has 0 unspecified atom stereocenters. The topological polar surface area (TPSA) is 59.3 Å². The Bertz CT molecular complexity index is 894. The molecule has 0 radical (unpaired) electrons. The lowest BCUT2D eigenvalue weighted by atomic mass is 9.98. The fourth-order valence-electron chi connectivity index (χ4n) is 3.78. The van der Waals surface area contributed by atoms with E-state index in [0.717, 1.165) is 36.0 Å². The van der Waals surface area contributed by atoms with E-state index in [2.05, 4.69) is 48.3 Å². The first-order valence-corrected chi connectivity index (χ1v) is 9.62. The van der Waals surface area contributed by atoms with Gasteiger partial charge in [-0.2, -0.15) is 4.52 Å². The summed E-state index contributed by atoms with van der Waals surface area (Å²) in [7, 11) is 2.25. The summed E-state index contributed by atoms with van der Waals surface area (Å²) in [4.78, 5) is 9.27. The lowest BCUT2D eigenvalue weighted by molar-refractivity contribution is -1.02. The van der Waals surface area contributed by atoms with Gasteiger partial charge in [-0.3, -0.25) is 0 Å². The molecule has 1 fully saturated rings. The third-order valence-electron chi connectivity index (χ3n) is 5.22. The predicted molar refractivity (Wildman–Crippen MR) is 97.6 cm³/mol. The summed E-state index contributed by atoms with van der Waals surface area (Å²) < 4.78 is 1.58. The van der Waals surface area contributed by atoms with E-state index in [1.807, 2.05) is 6.92 Å². The Hall–Kier alpha value is -1.96. The molecular formula is C18H25N5OS+2. The minimum Gasteiger partial charge on any atom is -0.492 e. The highest BCUT2D eigenvalue weighted by molar-refractivity contribution is 7.17. The second-order valence-corrected chi connectivity index (χ2v) is 8.06. The van der Waals surface area contributed by atoms with Crippen LogP contribution < -0.4 is 9.80 Å². The first-order chi connectivity index (χ1) is 12.0. The standard InChI is InChI=1S/C18H23N5OS/c1-12-6-4-5-7-14(12)15(22-10-8-21(3)9-11-22)16-17(24)23-18(25-16)19-13(2)20-23/h4-7,15,24H,8-11H2,1-3H3/p+2/t15-/m1/s1. The van der Waals surface area contributed by atoms with Gasteiger partial charge in [0.15, 0.2) is 6.04 Å². The molecule has 3 aromatic rings. The largest absolute Gasteiger partial charge is 0.492 e. The number of nitrogens with one attached hydrogen (secondary N) is 2.